The van der Waals surface area contributed by atoms with Gasteiger partial charge in [0.25, 0.3) is 5.91 Å². The lowest BCUT2D eigenvalue weighted by Gasteiger charge is -2.14. The SMILES string of the molecule is Cc1ccc(NC(=O)[C@@H](C)OC(=O)CCc2ccc(F)cc2)cc1F. The second-order valence-electron chi connectivity index (χ2n) is 5.71. The minimum absolute atomic E-state index is 0.0718. The Balaban J connectivity index is 1.82. The van der Waals surface area contributed by atoms with Gasteiger partial charge in [-0.25, -0.2) is 8.78 Å². The molecule has 25 heavy (non-hydrogen) atoms. The molecular formula is C19H19F2NO3. The largest absolute Gasteiger partial charge is 0.453 e. The molecule has 0 aliphatic rings. The van der Waals surface area contributed by atoms with E-state index in [4.69, 9.17) is 4.74 Å². The molecule has 1 atom stereocenters. The number of rotatable bonds is 6. The third-order valence-corrected chi connectivity index (χ3v) is 3.65. The van der Waals surface area contributed by atoms with Crippen LogP contribution in [0.2, 0.25) is 0 Å². The Bertz CT molecular complexity index is 760. The van der Waals surface area contributed by atoms with Crippen LogP contribution in [-0.2, 0) is 20.7 Å². The second kappa shape index (κ2) is 8.37. The Hall–Kier alpha value is -2.76. The Labute approximate surface area is 144 Å². The van der Waals surface area contributed by atoms with Crippen molar-refractivity contribution in [2.45, 2.75) is 32.8 Å². The molecule has 0 aliphatic carbocycles. The number of amides is 1. The zero-order chi connectivity index (χ0) is 18.4. The Kier molecular flexibility index (Phi) is 6.22. The molecule has 0 heterocycles. The van der Waals surface area contributed by atoms with Crippen LogP contribution in [0, 0.1) is 18.6 Å². The number of benzene rings is 2. The molecule has 2 aromatic rings. The third kappa shape index (κ3) is 5.67. The van der Waals surface area contributed by atoms with Crippen molar-refractivity contribution in [3.05, 3.63) is 65.2 Å². The Morgan fingerprint density at radius 2 is 1.80 bits per heavy atom. The minimum atomic E-state index is -1.01. The summed E-state index contributed by atoms with van der Waals surface area (Å²) < 4.78 is 31.3. The summed E-state index contributed by atoms with van der Waals surface area (Å²) in [5.41, 5.74) is 1.56. The summed E-state index contributed by atoms with van der Waals surface area (Å²) >= 11 is 0. The van der Waals surface area contributed by atoms with Crippen LogP contribution < -0.4 is 5.32 Å². The zero-order valence-corrected chi connectivity index (χ0v) is 14.0. The first-order chi connectivity index (χ1) is 11.8. The van der Waals surface area contributed by atoms with Crippen LogP contribution in [0.15, 0.2) is 42.5 Å². The van der Waals surface area contributed by atoms with Crippen LogP contribution in [0.3, 0.4) is 0 Å². The number of esters is 1. The molecule has 6 heteroatoms. The first kappa shape index (κ1) is 18.6. The predicted molar refractivity (Wildman–Crippen MR) is 90.0 cm³/mol. The molecule has 0 aliphatic heterocycles. The number of anilines is 1. The molecule has 2 aromatic carbocycles. The van der Waals surface area contributed by atoms with Crippen LogP contribution >= 0.6 is 0 Å². The highest BCUT2D eigenvalue weighted by Gasteiger charge is 2.18. The van der Waals surface area contributed by atoms with Crippen LogP contribution in [0.5, 0.6) is 0 Å². The van der Waals surface area contributed by atoms with E-state index in [2.05, 4.69) is 5.32 Å². The highest BCUT2D eigenvalue weighted by Crippen LogP contribution is 2.14. The summed E-state index contributed by atoms with van der Waals surface area (Å²) in [6.45, 7) is 3.06. The molecule has 0 fully saturated rings. The van der Waals surface area contributed by atoms with Gasteiger partial charge in [0, 0.05) is 12.1 Å². The second-order valence-corrected chi connectivity index (χ2v) is 5.71. The number of halogens is 2. The maximum atomic E-state index is 13.5. The molecule has 4 nitrogen and oxygen atoms in total. The molecule has 1 N–H and O–H groups in total. The fourth-order valence-electron chi connectivity index (χ4n) is 2.12. The number of hydrogen-bond acceptors (Lipinski definition) is 3. The van der Waals surface area contributed by atoms with Crippen molar-refractivity contribution in [3.8, 4) is 0 Å². The maximum Gasteiger partial charge on any atom is 0.306 e. The van der Waals surface area contributed by atoms with E-state index < -0.39 is 23.8 Å². The van der Waals surface area contributed by atoms with Gasteiger partial charge in [0.1, 0.15) is 11.6 Å². The fraction of sp³-hybridized carbons (Fsp3) is 0.263. The highest BCUT2D eigenvalue weighted by molar-refractivity contribution is 5.95. The van der Waals surface area contributed by atoms with Gasteiger partial charge in [0.05, 0.1) is 0 Å². The van der Waals surface area contributed by atoms with Gasteiger partial charge in [-0.1, -0.05) is 18.2 Å². The molecule has 132 valence electrons. The van der Waals surface area contributed by atoms with Gasteiger partial charge in [-0.05, 0) is 55.7 Å². The van der Waals surface area contributed by atoms with E-state index in [-0.39, 0.29) is 12.2 Å². The quantitative estimate of drug-likeness (QED) is 0.809. The number of aryl methyl sites for hydroxylation is 2. The third-order valence-electron chi connectivity index (χ3n) is 3.65. The van der Waals surface area contributed by atoms with E-state index >= 15 is 0 Å². The zero-order valence-electron chi connectivity index (χ0n) is 14.0. The first-order valence-electron chi connectivity index (χ1n) is 7.86. The van der Waals surface area contributed by atoms with E-state index in [0.717, 1.165) is 5.56 Å². The molecule has 0 saturated heterocycles. The summed E-state index contributed by atoms with van der Waals surface area (Å²) in [5.74, 6) is -1.86. The van der Waals surface area contributed by atoms with Crippen molar-refractivity contribution in [1.82, 2.24) is 0 Å². The molecule has 0 radical (unpaired) electrons. The van der Waals surface area contributed by atoms with E-state index in [0.29, 0.717) is 17.7 Å². The average molecular weight is 347 g/mol. The number of nitrogens with one attached hydrogen (secondary N) is 1. The number of ether oxygens (including phenoxy) is 1. The van der Waals surface area contributed by atoms with E-state index in [1.807, 2.05) is 0 Å². The van der Waals surface area contributed by atoms with Crippen LogP contribution in [0.4, 0.5) is 14.5 Å². The lowest BCUT2D eigenvalue weighted by atomic mass is 10.1. The van der Waals surface area contributed by atoms with Crippen LogP contribution in [0.25, 0.3) is 0 Å². The standard InChI is InChI=1S/C19H19F2NO3/c1-12-3-9-16(11-17(12)21)22-19(24)13(2)25-18(23)10-6-14-4-7-15(20)8-5-14/h3-5,7-9,11,13H,6,10H2,1-2H3,(H,22,24)/t13-/m1/s1. The molecule has 0 spiro atoms. The molecule has 0 saturated carbocycles. The van der Waals surface area contributed by atoms with Gasteiger partial charge < -0.3 is 10.1 Å². The Morgan fingerprint density at radius 3 is 2.44 bits per heavy atom. The maximum absolute atomic E-state index is 13.5. The van der Waals surface area contributed by atoms with Crippen molar-refractivity contribution in [2.24, 2.45) is 0 Å². The predicted octanol–water partition coefficient (Wildman–Crippen LogP) is 3.78. The van der Waals surface area contributed by atoms with Crippen LogP contribution in [0.1, 0.15) is 24.5 Å². The van der Waals surface area contributed by atoms with Gasteiger partial charge >= 0.3 is 5.97 Å². The van der Waals surface area contributed by atoms with Crippen molar-refractivity contribution in [1.29, 1.82) is 0 Å². The van der Waals surface area contributed by atoms with E-state index in [1.165, 1.54) is 25.1 Å². The summed E-state index contributed by atoms with van der Waals surface area (Å²) in [4.78, 5) is 23.8. The summed E-state index contributed by atoms with van der Waals surface area (Å²) in [7, 11) is 0. The summed E-state index contributed by atoms with van der Waals surface area (Å²) in [6, 6.07) is 10.1. The van der Waals surface area contributed by atoms with Crippen molar-refractivity contribution < 1.29 is 23.1 Å². The molecule has 0 aromatic heterocycles. The Morgan fingerprint density at radius 1 is 1.12 bits per heavy atom. The summed E-state index contributed by atoms with van der Waals surface area (Å²) in [6.07, 6.45) is -0.552. The van der Waals surface area contributed by atoms with E-state index in [9.17, 15) is 18.4 Å². The number of carbonyl (C=O) groups is 2. The molecule has 2 rings (SSSR count). The van der Waals surface area contributed by atoms with Gasteiger partial charge in [-0.15, -0.1) is 0 Å². The highest BCUT2D eigenvalue weighted by atomic mass is 19.1. The molecule has 1 amide bonds. The topological polar surface area (TPSA) is 55.4 Å². The molecule has 0 unspecified atom stereocenters. The smallest absolute Gasteiger partial charge is 0.306 e. The monoisotopic (exact) mass is 347 g/mol. The fourth-order valence-corrected chi connectivity index (χ4v) is 2.12. The van der Waals surface area contributed by atoms with Crippen molar-refractivity contribution in [3.63, 3.8) is 0 Å². The lowest BCUT2D eigenvalue weighted by Crippen LogP contribution is -2.30. The van der Waals surface area contributed by atoms with Crippen LogP contribution in [-0.4, -0.2) is 18.0 Å². The van der Waals surface area contributed by atoms with Crippen molar-refractivity contribution in [2.75, 3.05) is 5.32 Å². The van der Waals surface area contributed by atoms with Crippen molar-refractivity contribution >= 4 is 17.6 Å². The number of hydrogen-bond donors (Lipinski definition) is 1. The normalized spacial score (nSPS) is 11.7. The summed E-state index contributed by atoms with van der Waals surface area (Å²) in [5, 5.41) is 2.50. The van der Waals surface area contributed by atoms with Gasteiger partial charge in [0.2, 0.25) is 0 Å². The van der Waals surface area contributed by atoms with Gasteiger partial charge in [-0.3, -0.25) is 9.59 Å². The lowest BCUT2D eigenvalue weighted by molar-refractivity contribution is -0.153. The average Bonchev–Trinajstić information content (AvgIpc) is 2.57. The van der Waals surface area contributed by atoms with E-state index in [1.54, 1.807) is 31.2 Å². The number of carbonyl (C=O) groups excluding carboxylic acids is 2. The van der Waals surface area contributed by atoms with Gasteiger partial charge in [0.15, 0.2) is 6.10 Å². The first-order valence-corrected chi connectivity index (χ1v) is 7.86. The van der Waals surface area contributed by atoms with Gasteiger partial charge in [-0.2, -0.15) is 0 Å². The molecule has 0 bridgehead atoms. The minimum Gasteiger partial charge on any atom is -0.453 e. The molecular weight excluding hydrogens is 328 g/mol.